The van der Waals surface area contributed by atoms with E-state index in [1.165, 1.54) is 12.1 Å². The molecule has 1 aromatic carbocycles. The van der Waals surface area contributed by atoms with E-state index in [1.54, 1.807) is 19.1 Å². The lowest BCUT2D eigenvalue weighted by Gasteiger charge is -2.31. The molecule has 130 valence electrons. The van der Waals surface area contributed by atoms with Crippen LogP contribution in [0.5, 0.6) is 5.75 Å². The second kappa shape index (κ2) is 6.55. The number of amides is 2. The van der Waals surface area contributed by atoms with E-state index < -0.39 is 12.0 Å². The van der Waals surface area contributed by atoms with Crippen LogP contribution in [0.4, 0.5) is 4.79 Å². The monoisotopic (exact) mass is 332 g/mol. The maximum absolute atomic E-state index is 12.7. The largest absolute Gasteiger partial charge is 0.508 e. The van der Waals surface area contributed by atoms with Gasteiger partial charge in [0.05, 0.1) is 11.6 Å². The molecule has 0 saturated carbocycles. The minimum atomic E-state index is -0.626. The Hall–Kier alpha value is -2.50. The first-order valence-corrected chi connectivity index (χ1v) is 7.88. The van der Waals surface area contributed by atoms with Gasteiger partial charge < -0.3 is 20.5 Å². The van der Waals surface area contributed by atoms with Gasteiger partial charge in [-0.05, 0) is 37.0 Å². The third-order valence-electron chi connectivity index (χ3n) is 4.22. The lowest BCUT2D eigenvalue weighted by atomic mass is 9.90. The smallest absolute Gasteiger partial charge is 0.338 e. The molecule has 3 N–H and O–H groups in total. The summed E-state index contributed by atoms with van der Waals surface area (Å²) >= 11 is 0. The van der Waals surface area contributed by atoms with E-state index in [1.807, 2.05) is 27.7 Å². The molecule has 0 fully saturated rings. The number of urea groups is 1. The second-order valence-electron chi connectivity index (χ2n) is 7.08. The topological polar surface area (TPSA) is 87.7 Å². The molecule has 24 heavy (non-hydrogen) atoms. The quantitative estimate of drug-likeness (QED) is 0.743. The normalized spacial score (nSPS) is 19.4. The van der Waals surface area contributed by atoms with Gasteiger partial charge in [0.2, 0.25) is 0 Å². The van der Waals surface area contributed by atoms with Crippen LogP contribution >= 0.6 is 0 Å². The number of benzene rings is 1. The van der Waals surface area contributed by atoms with Crippen molar-refractivity contribution in [3.63, 3.8) is 0 Å². The minimum Gasteiger partial charge on any atom is -0.508 e. The summed E-state index contributed by atoms with van der Waals surface area (Å²) in [6, 6.07) is 5.35. The van der Waals surface area contributed by atoms with Gasteiger partial charge in [-0.1, -0.05) is 32.9 Å². The predicted octanol–water partition coefficient (Wildman–Crippen LogP) is 3.00. The Labute approximate surface area is 141 Å². The molecule has 1 aliphatic rings. The fourth-order valence-electron chi connectivity index (χ4n) is 2.28. The Balaban J connectivity index is 2.35. The molecule has 1 heterocycles. The zero-order valence-corrected chi connectivity index (χ0v) is 14.6. The molecule has 6 heteroatoms. The SMILES string of the molecule is CC1=C(C(=O)O[C@H](C)C(C)(C)C)[C@H](c2ccc(O)cc2)NC(=O)N1. The molecule has 2 rings (SSSR count). The molecule has 0 saturated heterocycles. The highest BCUT2D eigenvalue weighted by molar-refractivity contribution is 5.95. The molecule has 0 aliphatic carbocycles. The number of phenolic OH excluding ortho intramolecular Hbond substituents is 1. The first kappa shape index (κ1) is 17.8. The highest BCUT2D eigenvalue weighted by Crippen LogP contribution is 2.30. The standard InChI is InChI=1S/C18H24N2O4/c1-10-14(16(22)24-11(2)18(3,4)5)15(20-17(23)19-10)12-6-8-13(21)9-7-12/h6-9,11,15,21H,1-5H3,(H2,19,20,23)/t11-,15+/m1/s1. The third-order valence-corrected chi connectivity index (χ3v) is 4.22. The zero-order chi connectivity index (χ0) is 18.1. The van der Waals surface area contributed by atoms with Gasteiger partial charge in [-0.15, -0.1) is 0 Å². The van der Waals surface area contributed by atoms with Gasteiger partial charge in [0.25, 0.3) is 0 Å². The van der Waals surface area contributed by atoms with E-state index in [-0.39, 0.29) is 23.3 Å². The third kappa shape index (κ3) is 3.88. The maximum atomic E-state index is 12.7. The highest BCUT2D eigenvalue weighted by Gasteiger charge is 2.34. The number of aromatic hydroxyl groups is 1. The number of hydrogen-bond acceptors (Lipinski definition) is 4. The van der Waals surface area contributed by atoms with Crippen LogP contribution < -0.4 is 10.6 Å². The molecule has 0 unspecified atom stereocenters. The van der Waals surface area contributed by atoms with Gasteiger partial charge in [0, 0.05) is 5.70 Å². The Bertz CT molecular complexity index is 671. The summed E-state index contributed by atoms with van der Waals surface area (Å²) in [5.74, 6) is -0.356. The Morgan fingerprint density at radius 3 is 2.38 bits per heavy atom. The van der Waals surface area contributed by atoms with Gasteiger partial charge in [-0.2, -0.15) is 0 Å². The van der Waals surface area contributed by atoms with Crippen molar-refractivity contribution in [3.05, 3.63) is 41.1 Å². The number of rotatable bonds is 3. The Morgan fingerprint density at radius 1 is 1.25 bits per heavy atom. The Morgan fingerprint density at radius 2 is 1.83 bits per heavy atom. The van der Waals surface area contributed by atoms with Gasteiger partial charge in [0.15, 0.2) is 0 Å². The number of carbonyl (C=O) groups excluding carboxylic acids is 2. The summed E-state index contributed by atoms with van der Waals surface area (Å²) in [7, 11) is 0. The van der Waals surface area contributed by atoms with E-state index >= 15 is 0 Å². The minimum absolute atomic E-state index is 0.116. The molecule has 1 aliphatic heterocycles. The molecule has 1 aromatic rings. The molecule has 0 bridgehead atoms. The van der Waals surface area contributed by atoms with Crippen molar-refractivity contribution in [1.82, 2.24) is 10.6 Å². The summed E-state index contributed by atoms with van der Waals surface area (Å²) < 4.78 is 5.60. The van der Waals surface area contributed by atoms with Crippen LogP contribution in [0.3, 0.4) is 0 Å². The number of carbonyl (C=O) groups is 2. The van der Waals surface area contributed by atoms with Gasteiger partial charge in [0.1, 0.15) is 11.9 Å². The average molecular weight is 332 g/mol. The number of hydrogen-bond donors (Lipinski definition) is 3. The van der Waals surface area contributed by atoms with E-state index in [0.29, 0.717) is 16.8 Å². The summed E-state index contributed by atoms with van der Waals surface area (Å²) in [6.45, 7) is 9.49. The average Bonchev–Trinajstić information content (AvgIpc) is 2.45. The Kier molecular flexibility index (Phi) is 4.87. The number of nitrogens with one attached hydrogen (secondary N) is 2. The van der Waals surface area contributed by atoms with Crippen molar-refractivity contribution in [2.75, 3.05) is 0 Å². The fourth-order valence-corrected chi connectivity index (χ4v) is 2.28. The van der Waals surface area contributed by atoms with Crippen LogP contribution in [0.1, 0.15) is 46.2 Å². The van der Waals surface area contributed by atoms with Crippen molar-refractivity contribution >= 4 is 12.0 Å². The maximum Gasteiger partial charge on any atom is 0.338 e. The summed E-state index contributed by atoms with van der Waals surface area (Å²) in [5.41, 5.74) is 1.32. The van der Waals surface area contributed by atoms with E-state index in [9.17, 15) is 14.7 Å². The fraction of sp³-hybridized carbons (Fsp3) is 0.444. The van der Waals surface area contributed by atoms with Gasteiger partial charge in [-0.25, -0.2) is 9.59 Å². The molecule has 2 amide bonds. The van der Waals surface area contributed by atoms with Crippen LogP contribution in [0.25, 0.3) is 0 Å². The number of esters is 1. The first-order chi connectivity index (χ1) is 11.1. The number of phenols is 1. The lowest BCUT2D eigenvalue weighted by molar-refractivity contribution is -0.149. The van der Waals surface area contributed by atoms with Crippen LogP contribution in [0, 0.1) is 5.41 Å². The van der Waals surface area contributed by atoms with Crippen LogP contribution in [-0.4, -0.2) is 23.2 Å². The van der Waals surface area contributed by atoms with Crippen molar-refractivity contribution < 1.29 is 19.4 Å². The van der Waals surface area contributed by atoms with Crippen LogP contribution in [0.2, 0.25) is 0 Å². The second-order valence-corrected chi connectivity index (χ2v) is 7.08. The van der Waals surface area contributed by atoms with E-state index in [0.717, 1.165) is 0 Å². The molecular formula is C18H24N2O4. The van der Waals surface area contributed by atoms with Crippen molar-refractivity contribution in [2.45, 2.75) is 46.8 Å². The van der Waals surface area contributed by atoms with Crippen LogP contribution in [0.15, 0.2) is 35.5 Å². The van der Waals surface area contributed by atoms with Crippen molar-refractivity contribution in [1.29, 1.82) is 0 Å². The van der Waals surface area contributed by atoms with Crippen LogP contribution in [-0.2, 0) is 9.53 Å². The van der Waals surface area contributed by atoms with Crippen molar-refractivity contribution in [3.8, 4) is 5.75 Å². The molecule has 0 spiro atoms. The predicted molar refractivity (Wildman–Crippen MR) is 90.2 cm³/mol. The molecule has 0 radical (unpaired) electrons. The van der Waals surface area contributed by atoms with E-state index in [2.05, 4.69) is 10.6 Å². The van der Waals surface area contributed by atoms with Gasteiger partial charge >= 0.3 is 12.0 Å². The number of ether oxygens (including phenoxy) is 1. The summed E-state index contributed by atoms with van der Waals surface area (Å²) in [6.07, 6.45) is -0.289. The molecule has 0 aromatic heterocycles. The zero-order valence-electron chi connectivity index (χ0n) is 14.6. The highest BCUT2D eigenvalue weighted by atomic mass is 16.5. The number of allylic oxidation sites excluding steroid dienone is 1. The van der Waals surface area contributed by atoms with Crippen molar-refractivity contribution in [2.24, 2.45) is 5.41 Å². The summed E-state index contributed by atoms with van der Waals surface area (Å²) in [5, 5.41) is 14.8. The molecule has 2 atom stereocenters. The molecular weight excluding hydrogens is 308 g/mol. The molecule has 6 nitrogen and oxygen atoms in total. The van der Waals surface area contributed by atoms with Gasteiger partial charge in [-0.3, -0.25) is 0 Å². The first-order valence-electron chi connectivity index (χ1n) is 7.88. The van der Waals surface area contributed by atoms with E-state index in [4.69, 9.17) is 4.74 Å². The summed E-state index contributed by atoms with van der Waals surface area (Å²) in [4.78, 5) is 24.5. The lowest BCUT2D eigenvalue weighted by Crippen LogP contribution is -2.46.